The van der Waals surface area contributed by atoms with Gasteiger partial charge < -0.3 is 9.30 Å². The van der Waals surface area contributed by atoms with Crippen LogP contribution in [0.3, 0.4) is 0 Å². The second-order valence-electron chi connectivity index (χ2n) is 7.89. The Balaban J connectivity index is 1.87. The maximum atomic E-state index is 14.8. The van der Waals surface area contributed by atoms with Gasteiger partial charge in [0.15, 0.2) is 0 Å². The maximum absolute atomic E-state index is 14.8. The van der Waals surface area contributed by atoms with E-state index >= 15 is 0 Å². The van der Waals surface area contributed by atoms with Crippen LogP contribution in [0.1, 0.15) is 29.5 Å². The van der Waals surface area contributed by atoms with Crippen LogP contribution in [0.5, 0.6) is 0 Å². The smallest absolute Gasteiger partial charge is 0.146 e. The summed E-state index contributed by atoms with van der Waals surface area (Å²) in [6, 6.07) is 26.7. The molecule has 0 aromatic heterocycles. The van der Waals surface area contributed by atoms with Crippen LogP contribution in [-0.4, -0.2) is 12.8 Å². The standard InChI is InChI=1S/C25H27O2P/c1-20-9-6-13-23(17-20)28(26,24-14-7-10-21(2)18-24)19-25(15-8-16-27-25)22-11-4-3-5-12-22/h3-7,9-14,17-18H,8,15-16,19H2,1-2H3. The summed E-state index contributed by atoms with van der Waals surface area (Å²) in [7, 11) is -2.88. The van der Waals surface area contributed by atoms with Crippen LogP contribution in [0, 0.1) is 13.8 Å². The Labute approximate surface area is 167 Å². The highest BCUT2D eigenvalue weighted by Crippen LogP contribution is 2.52. The maximum Gasteiger partial charge on any atom is 0.146 e. The lowest BCUT2D eigenvalue weighted by Gasteiger charge is -2.34. The molecular weight excluding hydrogens is 363 g/mol. The molecule has 1 saturated heterocycles. The van der Waals surface area contributed by atoms with Crippen LogP contribution in [0.4, 0.5) is 0 Å². The number of aryl methyl sites for hydroxylation is 2. The molecule has 28 heavy (non-hydrogen) atoms. The minimum absolute atomic E-state index is 0.496. The number of hydrogen-bond acceptors (Lipinski definition) is 2. The highest BCUT2D eigenvalue weighted by molar-refractivity contribution is 7.78. The predicted molar refractivity (Wildman–Crippen MR) is 117 cm³/mol. The third kappa shape index (κ3) is 3.60. The Bertz CT molecular complexity index is 954. The molecule has 1 unspecified atom stereocenters. The van der Waals surface area contributed by atoms with Crippen molar-refractivity contribution in [3.63, 3.8) is 0 Å². The summed E-state index contributed by atoms with van der Waals surface area (Å²) in [5.74, 6) is 0. The molecule has 2 nitrogen and oxygen atoms in total. The van der Waals surface area contributed by atoms with Gasteiger partial charge in [0.05, 0.1) is 0 Å². The molecule has 3 aromatic rings. The minimum Gasteiger partial charge on any atom is -0.370 e. The first-order valence-corrected chi connectivity index (χ1v) is 11.8. The first-order chi connectivity index (χ1) is 13.5. The molecule has 1 aliphatic rings. The number of benzene rings is 3. The van der Waals surface area contributed by atoms with Crippen LogP contribution in [0.15, 0.2) is 78.9 Å². The van der Waals surface area contributed by atoms with E-state index in [1.165, 1.54) is 0 Å². The summed E-state index contributed by atoms with van der Waals surface area (Å²) in [5, 5.41) is 1.84. The third-order valence-corrected chi connectivity index (χ3v) is 8.90. The van der Waals surface area contributed by atoms with Gasteiger partial charge in [-0.1, -0.05) is 77.9 Å². The van der Waals surface area contributed by atoms with Crippen molar-refractivity contribution in [3.8, 4) is 0 Å². The topological polar surface area (TPSA) is 26.3 Å². The van der Waals surface area contributed by atoms with Crippen molar-refractivity contribution in [3.05, 3.63) is 95.6 Å². The van der Waals surface area contributed by atoms with E-state index in [-0.39, 0.29) is 0 Å². The molecule has 0 amide bonds. The Morgan fingerprint density at radius 1 is 0.857 bits per heavy atom. The molecule has 0 saturated carbocycles. The van der Waals surface area contributed by atoms with E-state index in [9.17, 15) is 4.57 Å². The van der Waals surface area contributed by atoms with Crippen LogP contribution >= 0.6 is 7.14 Å². The van der Waals surface area contributed by atoms with E-state index in [0.29, 0.717) is 6.16 Å². The lowest BCUT2D eigenvalue weighted by molar-refractivity contribution is 0.0197. The van der Waals surface area contributed by atoms with E-state index in [4.69, 9.17) is 4.74 Å². The lowest BCUT2D eigenvalue weighted by atomic mass is 9.93. The van der Waals surface area contributed by atoms with Crippen molar-refractivity contribution in [1.29, 1.82) is 0 Å². The monoisotopic (exact) mass is 390 g/mol. The Hall–Kier alpha value is -2.15. The van der Waals surface area contributed by atoms with E-state index in [1.54, 1.807) is 0 Å². The van der Waals surface area contributed by atoms with E-state index in [0.717, 1.165) is 46.7 Å². The van der Waals surface area contributed by atoms with Crippen molar-refractivity contribution < 1.29 is 9.30 Å². The highest BCUT2D eigenvalue weighted by atomic mass is 31.2. The Morgan fingerprint density at radius 3 is 1.96 bits per heavy atom. The normalized spacial score (nSPS) is 19.6. The zero-order chi connectivity index (χ0) is 19.6. The summed E-state index contributed by atoms with van der Waals surface area (Å²) >= 11 is 0. The number of rotatable bonds is 5. The van der Waals surface area contributed by atoms with Gasteiger partial charge in [-0.15, -0.1) is 0 Å². The quantitative estimate of drug-likeness (QED) is 0.551. The predicted octanol–water partition coefficient (Wildman–Crippen LogP) is 5.32. The second-order valence-corrected chi connectivity index (χ2v) is 10.7. The Kier molecular flexibility index (Phi) is 5.27. The zero-order valence-electron chi connectivity index (χ0n) is 16.6. The van der Waals surface area contributed by atoms with Crippen molar-refractivity contribution in [1.82, 2.24) is 0 Å². The van der Waals surface area contributed by atoms with Crippen LogP contribution in [0.25, 0.3) is 0 Å². The second kappa shape index (κ2) is 7.70. The van der Waals surface area contributed by atoms with Crippen molar-refractivity contribution in [2.45, 2.75) is 32.3 Å². The van der Waals surface area contributed by atoms with Gasteiger partial charge in [-0.05, 0) is 44.4 Å². The molecule has 1 atom stereocenters. The van der Waals surface area contributed by atoms with Gasteiger partial charge in [0.1, 0.15) is 12.7 Å². The van der Waals surface area contributed by atoms with Gasteiger partial charge in [0.25, 0.3) is 0 Å². The lowest BCUT2D eigenvalue weighted by Crippen LogP contribution is -2.34. The molecule has 144 valence electrons. The molecule has 0 bridgehead atoms. The SMILES string of the molecule is Cc1cccc(P(=O)(CC2(c3ccccc3)CCCO2)c2cccc(C)c2)c1. The molecule has 4 rings (SSSR count). The van der Waals surface area contributed by atoms with Gasteiger partial charge in [-0.3, -0.25) is 0 Å². The largest absolute Gasteiger partial charge is 0.370 e. The summed E-state index contributed by atoms with van der Waals surface area (Å²) in [4.78, 5) is 0. The van der Waals surface area contributed by atoms with Gasteiger partial charge >= 0.3 is 0 Å². The number of ether oxygens (including phenoxy) is 1. The van der Waals surface area contributed by atoms with Crippen LogP contribution < -0.4 is 10.6 Å². The van der Waals surface area contributed by atoms with Crippen molar-refractivity contribution in [2.24, 2.45) is 0 Å². The van der Waals surface area contributed by atoms with Crippen molar-refractivity contribution >= 4 is 17.8 Å². The molecule has 3 aromatic carbocycles. The van der Waals surface area contributed by atoms with Gasteiger partial charge in [-0.25, -0.2) is 0 Å². The summed E-state index contributed by atoms with van der Waals surface area (Å²) < 4.78 is 21.1. The fourth-order valence-corrected chi connectivity index (χ4v) is 7.57. The average Bonchev–Trinajstić information content (AvgIpc) is 3.18. The minimum atomic E-state index is -2.88. The van der Waals surface area contributed by atoms with Crippen molar-refractivity contribution in [2.75, 3.05) is 12.8 Å². The fraction of sp³-hybridized carbons (Fsp3) is 0.280. The van der Waals surface area contributed by atoms with Gasteiger partial charge in [0.2, 0.25) is 0 Å². The third-order valence-electron chi connectivity index (χ3n) is 5.72. The Morgan fingerprint density at radius 2 is 1.46 bits per heavy atom. The zero-order valence-corrected chi connectivity index (χ0v) is 17.5. The molecule has 0 spiro atoms. The summed E-state index contributed by atoms with van der Waals surface area (Å²) in [5.41, 5.74) is 2.90. The summed E-state index contributed by atoms with van der Waals surface area (Å²) in [6.45, 7) is 4.84. The molecule has 1 aliphatic heterocycles. The van der Waals surface area contributed by atoms with Gasteiger partial charge in [0, 0.05) is 23.4 Å². The van der Waals surface area contributed by atoms with Gasteiger partial charge in [-0.2, -0.15) is 0 Å². The number of hydrogen-bond donors (Lipinski definition) is 0. The van der Waals surface area contributed by atoms with Crippen LogP contribution in [0.2, 0.25) is 0 Å². The molecule has 3 heteroatoms. The molecule has 1 fully saturated rings. The highest BCUT2D eigenvalue weighted by Gasteiger charge is 2.44. The first-order valence-electron chi connectivity index (χ1n) is 9.95. The fourth-order valence-electron chi connectivity index (χ4n) is 4.28. The average molecular weight is 390 g/mol. The van der Waals surface area contributed by atoms with Crippen LogP contribution in [-0.2, 0) is 14.9 Å². The van der Waals surface area contributed by atoms with E-state index < -0.39 is 12.7 Å². The first kappa shape index (κ1) is 19.2. The summed E-state index contributed by atoms with van der Waals surface area (Å²) in [6.07, 6.45) is 2.39. The molecule has 0 aliphatic carbocycles. The van der Waals surface area contributed by atoms with E-state index in [2.05, 4.69) is 50.2 Å². The molecular formula is C25H27O2P. The molecule has 0 radical (unpaired) electrons. The van der Waals surface area contributed by atoms with E-state index in [1.807, 2.05) is 42.5 Å². The molecule has 0 N–H and O–H groups in total. The molecule has 1 heterocycles.